The molecule has 0 bridgehead atoms. The van der Waals surface area contributed by atoms with Crippen LogP contribution in [0, 0.1) is 17.8 Å². The highest BCUT2D eigenvalue weighted by molar-refractivity contribution is 5.98. The SMILES string of the molecule is CCC(C)CCC(O)CC(=O)NC(CCN)C(=O)NC1CCNC(=O)C(CC(C)C)NC(=O)C(CCN)NC(=O)C(CCN)NC(=O)C(CC(C)C)NC(=O)C(Cc2ccccc2)NC(=O)C(CCN)NC1=O. The number of amides is 9. The Labute approximate surface area is 430 Å². The van der Waals surface area contributed by atoms with E-state index in [4.69, 9.17) is 22.9 Å². The van der Waals surface area contributed by atoms with Gasteiger partial charge in [-0.15, -0.1) is 0 Å². The molecule has 0 saturated carbocycles. The Morgan fingerprint density at radius 2 is 1.05 bits per heavy atom. The Balaban J connectivity index is 2.71. The van der Waals surface area contributed by atoms with Crippen LogP contribution in [0.4, 0.5) is 0 Å². The molecule has 1 aromatic carbocycles. The molecular weight excluding hydrogens is 943 g/mol. The second kappa shape index (κ2) is 33.9. The van der Waals surface area contributed by atoms with Crippen molar-refractivity contribution in [3.05, 3.63) is 35.9 Å². The van der Waals surface area contributed by atoms with Crippen LogP contribution in [0.5, 0.6) is 0 Å². The average Bonchev–Trinajstić information content (AvgIpc) is 3.33. The minimum absolute atomic E-state index is 0.0468. The third kappa shape index (κ3) is 23.8. The Bertz CT molecular complexity index is 1930. The molecular formula is C50H87N13O10. The fourth-order valence-corrected chi connectivity index (χ4v) is 8.10. The van der Waals surface area contributed by atoms with Gasteiger partial charge in [0.1, 0.15) is 48.3 Å². The maximum absolute atomic E-state index is 14.4. The molecule has 18 N–H and O–H groups in total. The Hall–Kier alpha value is -5.75. The summed E-state index contributed by atoms with van der Waals surface area (Å²) in [6.45, 7) is 10.9. The topological polar surface area (TPSA) is 386 Å². The van der Waals surface area contributed by atoms with Crippen LogP contribution in [0.1, 0.15) is 118 Å². The van der Waals surface area contributed by atoms with Gasteiger partial charge < -0.3 is 75.9 Å². The number of nitrogens with two attached hydrogens (primary N) is 4. The van der Waals surface area contributed by atoms with Gasteiger partial charge in [0.15, 0.2) is 0 Å². The number of hydrogen-bond acceptors (Lipinski definition) is 14. The summed E-state index contributed by atoms with van der Waals surface area (Å²) >= 11 is 0. The molecule has 0 radical (unpaired) electrons. The zero-order valence-corrected chi connectivity index (χ0v) is 43.8. The summed E-state index contributed by atoms with van der Waals surface area (Å²) in [6, 6.07) is -1.59. The van der Waals surface area contributed by atoms with E-state index in [0.717, 1.165) is 6.42 Å². The summed E-state index contributed by atoms with van der Waals surface area (Å²) in [7, 11) is 0. The molecule has 1 aromatic rings. The molecule has 1 aliphatic heterocycles. The third-order valence-corrected chi connectivity index (χ3v) is 12.4. The Morgan fingerprint density at radius 3 is 1.53 bits per heavy atom. The fourth-order valence-electron chi connectivity index (χ4n) is 8.10. The van der Waals surface area contributed by atoms with Crippen LogP contribution in [-0.4, -0.2) is 145 Å². The molecule has 23 nitrogen and oxygen atoms in total. The molecule has 1 aliphatic rings. The zero-order valence-electron chi connectivity index (χ0n) is 43.8. The minimum Gasteiger partial charge on any atom is -0.393 e. The van der Waals surface area contributed by atoms with E-state index in [0.29, 0.717) is 24.3 Å². The molecule has 1 heterocycles. The first-order valence-electron chi connectivity index (χ1n) is 25.9. The van der Waals surface area contributed by atoms with E-state index in [2.05, 4.69) is 47.9 Å². The van der Waals surface area contributed by atoms with Gasteiger partial charge in [0.05, 0.1) is 12.5 Å². The van der Waals surface area contributed by atoms with Gasteiger partial charge >= 0.3 is 0 Å². The lowest BCUT2D eigenvalue weighted by Crippen LogP contribution is -2.61. The standard InChI is InChI=1S/C50H87N13O10/c1-7-31(6)13-14-33(64)28-42(65)56-34(15-20-51)44(67)60-38-19-24-55-43(66)39(25-29(2)3)61-46(69)36(17-22-53)57-45(68)35(16-21-52)59-49(72)40(26-30(4)5)62-50(73)41(27-32-11-9-8-10-12-32)63-47(70)37(18-23-54)58-48(38)71/h8-12,29-31,33-41,64H,7,13-28,51-54H2,1-6H3,(H,55,66)(H,56,65)(H,57,68)(H,58,71)(H,59,72)(H,60,67)(H,61,69)(H,62,73)(H,63,70). The number of rotatable bonds is 23. The van der Waals surface area contributed by atoms with Gasteiger partial charge in [0, 0.05) is 13.0 Å². The van der Waals surface area contributed by atoms with Gasteiger partial charge in [0.2, 0.25) is 53.2 Å². The highest BCUT2D eigenvalue weighted by Crippen LogP contribution is 2.14. The summed E-state index contributed by atoms with van der Waals surface area (Å²) in [5.41, 5.74) is 24.2. The van der Waals surface area contributed by atoms with E-state index in [9.17, 15) is 48.3 Å². The summed E-state index contributed by atoms with van der Waals surface area (Å²) in [5.74, 6) is -6.76. The van der Waals surface area contributed by atoms with E-state index < -0.39 is 108 Å². The van der Waals surface area contributed by atoms with Crippen molar-refractivity contribution < 1.29 is 48.3 Å². The van der Waals surface area contributed by atoms with Crippen LogP contribution >= 0.6 is 0 Å². The highest BCUT2D eigenvalue weighted by atomic mass is 16.3. The molecule has 0 aliphatic carbocycles. The van der Waals surface area contributed by atoms with Gasteiger partial charge in [0.25, 0.3) is 0 Å². The number of benzene rings is 1. The Kier molecular flexibility index (Phi) is 29.4. The smallest absolute Gasteiger partial charge is 0.243 e. The molecule has 9 amide bonds. The Morgan fingerprint density at radius 1 is 0.603 bits per heavy atom. The molecule has 2 rings (SSSR count). The lowest BCUT2D eigenvalue weighted by Gasteiger charge is -2.28. The van der Waals surface area contributed by atoms with Crippen molar-refractivity contribution in [1.29, 1.82) is 0 Å². The van der Waals surface area contributed by atoms with Crippen LogP contribution in [0.15, 0.2) is 30.3 Å². The first kappa shape index (κ1) is 63.4. The van der Waals surface area contributed by atoms with Crippen LogP contribution in [0.2, 0.25) is 0 Å². The molecule has 73 heavy (non-hydrogen) atoms. The number of aliphatic hydroxyl groups is 1. The highest BCUT2D eigenvalue weighted by Gasteiger charge is 2.35. The van der Waals surface area contributed by atoms with Crippen molar-refractivity contribution >= 4 is 53.2 Å². The summed E-state index contributed by atoms with van der Waals surface area (Å²) in [5, 5.41) is 34.7. The van der Waals surface area contributed by atoms with Crippen LogP contribution < -0.4 is 70.8 Å². The number of aliphatic hydroxyl groups excluding tert-OH is 1. The van der Waals surface area contributed by atoms with Crippen molar-refractivity contribution in [3.63, 3.8) is 0 Å². The predicted molar refractivity (Wildman–Crippen MR) is 276 cm³/mol. The number of nitrogens with one attached hydrogen (secondary N) is 9. The fraction of sp³-hybridized carbons (Fsp3) is 0.700. The number of hydrogen-bond donors (Lipinski definition) is 14. The predicted octanol–water partition coefficient (Wildman–Crippen LogP) is -2.31. The lowest BCUT2D eigenvalue weighted by atomic mass is 9.99. The van der Waals surface area contributed by atoms with Crippen molar-refractivity contribution in [2.45, 2.75) is 173 Å². The van der Waals surface area contributed by atoms with Crippen molar-refractivity contribution in [3.8, 4) is 0 Å². The van der Waals surface area contributed by atoms with Crippen molar-refractivity contribution in [1.82, 2.24) is 47.9 Å². The molecule has 0 aromatic heterocycles. The average molecular weight is 1030 g/mol. The molecule has 0 spiro atoms. The monoisotopic (exact) mass is 1030 g/mol. The second-order valence-corrected chi connectivity index (χ2v) is 19.8. The zero-order chi connectivity index (χ0) is 54.6. The largest absolute Gasteiger partial charge is 0.393 e. The van der Waals surface area contributed by atoms with E-state index in [-0.39, 0.29) is 102 Å². The summed E-state index contributed by atoms with van der Waals surface area (Å²) in [6.07, 6.45) is 0.352. The van der Waals surface area contributed by atoms with Gasteiger partial charge in [-0.05, 0) is 107 Å². The lowest BCUT2D eigenvalue weighted by molar-refractivity contribution is -0.136. The molecule has 10 unspecified atom stereocenters. The van der Waals surface area contributed by atoms with Crippen LogP contribution in [0.3, 0.4) is 0 Å². The molecule has 23 heteroatoms. The van der Waals surface area contributed by atoms with Gasteiger partial charge in [-0.2, -0.15) is 0 Å². The van der Waals surface area contributed by atoms with Crippen LogP contribution in [-0.2, 0) is 49.6 Å². The summed E-state index contributed by atoms with van der Waals surface area (Å²) < 4.78 is 0. The van der Waals surface area contributed by atoms with E-state index >= 15 is 0 Å². The maximum atomic E-state index is 14.4. The van der Waals surface area contributed by atoms with E-state index in [1.54, 1.807) is 30.3 Å². The van der Waals surface area contributed by atoms with Gasteiger partial charge in [-0.25, -0.2) is 0 Å². The molecule has 1 fully saturated rings. The van der Waals surface area contributed by atoms with E-state index in [1.165, 1.54) is 0 Å². The molecule has 1 saturated heterocycles. The van der Waals surface area contributed by atoms with Gasteiger partial charge in [-0.3, -0.25) is 43.2 Å². The van der Waals surface area contributed by atoms with Crippen molar-refractivity contribution in [2.75, 3.05) is 32.7 Å². The van der Waals surface area contributed by atoms with E-state index in [1.807, 2.05) is 41.5 Å². The molecule has 10 atom stereocenters. The minimum atomic E-state index is -1.47. The summed E-state index contributed by atoms with van der Waals surface area (Å²) in [4.78, 5) is 126. The van der Waals surface area contributed by atoms with Crippen LogP contribution in [0.25, 0.3) is 0 Å². The number of carbonyl (C=O) groups is 9. The second-order valence-electron chi connectivity index (χ2n) is 19.8. The van der Waals surface area contributed by atoms with Crippen molar-refractivity contribution in [2.24, 2.45) is 40.7 Å². The first-order valence-corrected chi connectivity index (χ1v) is 25.9. The quantitative estimate of drug-likeness (QED) is 0.0548. The normalized spacial score (nSPS) is 23.6. The third-order valence-electron chi connectivity index (χ3n) is 12.4. The van der Waals surface area contributed by atoms with Gasteiger partial charge in [-0.1, -0.05) is 78.3 Å². The number of carbonyl (C=O) groups excluding carboxylic acids is 9. The molecule has 412 valence electrons. The maximum Gasteiger partial charge on any atom is 0.243 e. The first-order chi connectivity index (χ1) is 34.7.